The summed E-state index contributed by atoms with van der Waals surface area (Å²) in [7, 11) is 0. The molecule has 3 aliphatic rings. The first-order valence-corrected chi connectivity index (χ1v) is 12.5. The highest BCUT2D eigenvalue weighted by molar-refractivity contribution is 5.94. The maximum atomic E-state index is 12.6. The molecule has 7 heteroatoms. The maximum absolute atomic E-state index is 12.6. The Balaban J connectivity index is 1.15. The van der Waals surface area contributed by atoms with Crippen LogP contribution in [0.2, 0.25) is 0 Å². The van der Waals surface area contributed by atoms with Crippen LogP contribution in [-0.4, -0.2) is 43.6 Å². The van der Waals surface area contributed by atoms with Crippen molar-refractivity contribution in [3.05, 3.63) is 29.8 Å². The second-order valence-corrected chi connectivity index (χ2v) is 9.81. The first kappa shape index (κ1) is 23.6. The van der Waals surface area contributed by atoms with Crippen LogP contribution in [0.25, 0.3) is 0 Å². The van der Waals surface area contributed by atoms with E-state index in [1.165, 1.54) is 12.8 Å². The summed E-state index contributed by atoms with van der Waals surface area (Å²) in [6, 6.07) is 7.13. The Kier molecular flexibility index (Phi) is 7.56. The van der Waals surface area contributed by atoms with Gasteiger partial charge in [-0.2, -0.15) is 0 Å². The highest BCUT2D eigenvalue weighted by Gasteiger charge is 2.49. The summed E-state index contributed by atoms with van der Waals surface area (Å²) in [5, 5.41) is 5.89. The van der Waals surface area contributed by atoms with Gasteiger partial charge in [-0.1, -0.05) is 0 Å². The van der Waals surface area contributed by atoms with E-state index < -0.39 is 0 Å². The molecule has 2 amide bonds. The molecule has 2 N–H and O–H groups in total. The van der Waals surface area contributed by atoms with E-state index in [9.17, 15) is 14.4 Å². The van der Waals surface area contributed by atoms with Crippen molar-refractivity contribution in [3.63, 3.8) is 0 Å². The van der Waals surface area contributed by atoms with E-state index in [1.54, 1.807) is 12.1 Å². The number of rotatable bonds is 9. The van der Waals surface area contributed by atoms with Gasteiger partial charge in [-0.3, -0.25) is 14.4 Å². The zero-order valence-corrected chi connectivity index (χ0v) is 19.6. The summed E-state index contributed by atoms with van der Waals surface area (Å²) >= 11 is 0. The first-order valence-electron chi connectivity index (χ1n) is 12.5. The van der Waals surface area contributed by atoms with Crippen LogP contribution in [0.15, 0.2) is 24.3 Å². The van der Waals surface area contributed by atoms with Crippen molar-refractivity contribution in [1.82, 2.24) is 10.6 Å². The summed E-state index contributed by atoms with van der Waals surface area (Å²) in [4.78, 5) is 36.8. The standard InChI is InChI=1S/C26H36N2O5/c1-2-32-24(30)20-5-9-22(10-6-20)33-21-7-3-19(4-8-21)23(29)27-15-16-28-25(31)26-13-11-18(17-26)12-14-26/h3-4,7-8,18,20,22H,2,5-6,9-17H2,1H3,(H,27,29)(H,28,31). The zero-order valence-electron chi connectivity index (χ0n) is 19.6. The molecule has 3 saturated carbocycles. The van der Waals surface area contributed by atoms with Gasteiger partial charge in [0.1, 0.15) is 5.75 Å². The minimum Gasteiger partial charge on any atom is -0.490 e. The number of carbonyl (C=O) groups excluding carboxylic acids is 3. The van der Waals surface area contributed by atoms with Crippen LogP contribution in [0.4, 0.5) is 0 Å². The molecular formula is C26H36N2O5. The lowest BCUT2D eigenvalue weighted by Crippen LogP contribution is -2.42. The molecule has 4 rings (SSSR count). The zero-order chi connectivity index (χ0) is 23.3. The Bertz CT molecular complexity index is 837. The van der Waals surface area contributed by atoms with Crippen molar-refractivity contribution < 1.29 is 23.9 Å². The van der Waals surface area contributed by atoms with E-state index in [-0.39, 0.29) is 35.2 Å². The molecule has 3 fully saturated rings. The monoisotopic (exact) mass is 456 g/mol. The Labute approximate surface area is 196 Å². The number of amides is 2. The fraction of sp³-hybridized carbons (Fsp3) is 0.654. The summed E-state index contributed by atoms with van der Waals surface area (Å²) in [6.07, 6.45) is 8.69. The number of nitrogens with one attached hydrogen (secondary N) is 2. The van der Waals surface area contributed by atoms with Crippen molar-refractivity contribution >= 4 is 17.8 Å². The van der Waals surface area contributed by atoms with E-state index in [2.05, 4.69) is 10.6 Å². The van der Waals surface area contributed by atoms with Crippen LogP contribution >= 0.6 is 0 Å². The molecule has 1 aromatic rings. The smallest absolute Gasteiger partial charge is 0.308 e. The van der Waals surface area contributed by atoms with Crippen LogP contribution < -0.4 is 15.4 Å². The van der Waals surface area contributed by atoms with Crippen molar-refractivity contribution in [2.45, 2.75) is 70.8 Å². The molecule has 2 bridgehead atoms. The van der Waals surface area contributed by atoms with Gasteiger partial charge in [0.15, 0.2) is 0 Å². The number of benzene rings is 1. The van der Waals surface area contributed by atoms with Gasteiger partial charge in [0, 0.05) is 24.1 Å². The first-order chi connectivity index (χ1) is 16.0. The van der Waals surface area contributed by atoms with Crippen LogP contribution in [-0.2, 0) is 14.3 Å². The number of carbonyl (C=O) groups is 3. The van der Waals surface area contributed by atoms with Gasteiger partial charge < -0.3 is 20.1 Å². The highest BCUT2D eigenvalue weighted by atomic mass is 16.5. The quantitative estimate of drug-likeness (QED) is 0.437. The molecule has 1 aromatic carbocycles. The average Bonchev–Trinajstić information content (AvgIpc) is 3.45. The third-order valence-electron chi connectivity index (χ3n) is 7.63. The van der Waals surface area contributed by atoms with Crippen molar-refractivity contribution in [2.24, 2.45) is 17.3 Å². The third kappa shape index (κ3) is 5.68. The summed E-state index contributed by atoms with van der Waals surface area (Å²) in [5.41, 5.74) is 0.426. The van der Waals surface area contributed by atoms with E-state index in [0.29, 0.717) is 25.3 Å². The fourth-order valence-corrected chi connectivity index (χ4v) is 5.71. The van der Waals surface area contributed by atoms with Crippen molar-refractivity contribution in [1.29, 1.82) is 0 Å². The van der Waals surface area contributed by atoms with E-state index in [4.69, 9.17) is 9.47 Å². The average molecular weight is 457 g/mol. The van der Waals surface area contributed by atoms with Gasteiger partial charge in [-0.15, -0.1) is 0 Å². The molecule has 3 aliphatic carbocycles. The molecule has 0 heterocycles. The van der Waals surface area contributed by atoms with Crippen LogP contribution in [0.1, 0.15) is 75.1 Å². The molecule has 0 spiro atoms. The lowest BCUT2D eigenvalue weighted by Gasteiger charge is -2.27. The molecule has 0 unspecified atom stereocenters. The third-order valence-corrected chi connectivity index (χ3v) is 7.63. The van der Waals surface area contributed by atoms with Crippen molar-refractivity contribution in [3.8, 4) is 5.75 Å². The summed E-state index contributed by atoms with van der Waals surface area (Å²) < 4.78 is 11.2. The molecule has 0 aromatic heterocycles. The maximum Gasteiger partial charge on any atom is 0.308 e. The Hall–Kier alpha value is -2.57. The Morgan fingerprint density at radius 1 is 0.939 bits per heavy atom. The molecule has 0 aliphatic heterocycles. The van der Waals surface area contributed by atoms with Crippen molar-refractivity contribution in [2.75, 3.05) is 19.7 Å². The van der Waals surface area contributed by atoms with Gasteiger partial charge in [0.25, 0.3) is 5.91 Å². The normalized spacial score (nSPS) is 28.2. The van der Waals surface area contributed by atoms with Gasteiger partial charge in [0.05, 0.1) is 18.6 Å². The molecule has 0 atom stereocenters. The lowest BCUT2D eigenvalue weighted by molar-refractivity contribution is -0.149. The molecule has 33 heavy (non-hydrogen) atoms. The minimum atomic E-state index is -0.161. The molecular weight excluding hydrogens is 420 g/mol. The number of hydrogen-bond acceptors (Lipinski definition) is 5. The predicted octanol–water partition coefficient (Wildman–Crippen LogP) is 3.61. The number of fused-ring (bicyclic) bond motifs is 2. The largest absolute Gasteiger partial charge is 0.490 e. The summed E-state index contributed by atoms with van der Waals surface area (Å²) in [5.74, 6) is 1.34. The van der Waals surface area contributed by atoms with E-state index in [0.717, 1.165) is 56.6 Å². The number of hydrogen-bond donors (Lipinski definition) is 2. The van der Waals surface area contributed by atoms with E-state index in [1.807, 2.05) is 19.1 Å². The van der Waals surface area contributed by atoms with Gasteiger partial charge in [-0.25, -0.2) is 0 Å². The van der Waals surface area contributed by atoms with Gasteiger partial charge in [-0.05, 0) is 94.9 Å². The number of ether oxygens (including phenoxy) is 2. The predicted molar refractivity (Wildman–Crippen MR) is 124 cm³/mol. The summed E-state index contributed by atoms with van der Waals surface area (Å²) in [6.45, 7) is 3.11. The second-order valence-electron chi connectivity index (χ2n) is 9.81. The van der Waals surface area contributed by atoms with Crippen LogP contribution in [0, 0.1) is 17.3 Å². The lowest BCUT2D eigenvalue weighted by atomic mass is 9.83. The van der Waals surface area contributed by atoms with Gasteiger partial charge in [0.2, 0.25) is 5.91 Å². The van der Waals surface area contributed by atoms with Gasteiger partial charge >= 0.3 is 5.97 Å². The van der Waals surface area contributed by atoms with E-state index >= 15 is 0 Å². The van der Waals surface area contributed by atoms with Crippen LogP contribution in [0.5, 0.6) is 5.75 Å². The molecule has 0 saturated heterocycles. The fourth-order valence-electron chi connectivity index (χ4n) is 5.71. The SMILES string of the molecule is CCOC(=O)C1CCC(Oc2ccc(C(=O)NCCNC(=O)C34CCC(CC3)C4)cc2)CC1. The van der Waals surface area contributed by atoms with Crippen LogP contribution in [0.3, 0.4) is 0 Å². The molecule has 0 radical (unpaired) electrons. The Morgan fingerprint density at radius 2 is 1.61 bits per heavy atom. The second kappa shape index (κ2) is 10.6. The minimum absolute atomic E-state index is 0.0199. The topological polar surface area (TPSA) is 93.7 Å². The Morgan fingerprint density at radius 3 is 2.21 bits per heavy atom. The molecule has 7 nitrogen and oxygen atoms in total. The molecule has 180 valence electrons. The highest BCUT2D eigenvalue weighted by Crippen LogP contribution is 2.54. The number of esters is 1.